The third kappa shape index (κ3) is 4.47. The second-order valence-electron chi connectivity index (χ2n) is 6.44. The Kier molecular flexibility index (Phi) is 5.45. The first-order chi connectivity index (χ1) is 12.9. The molecule has 0 aliphatic rings. The Morgan fingerprint density at radius 2 is 1.78 bits per heavy atom. The normalized spacial score (nSPS) is 10.5. The van der Waals surface area contributed by atoms with Gasteiger partial charge in [-0.05, 0) is 44.0 Å². The number of nitrogens with one attached hydrogen (secondary N) is 2. The summed E-state index contributed by atoms with van der Waals surface area (Å²) >= 11 is 0. The van der Waals surface area contributed by atoms with Gasteiger partial charge in [0.05, 0.1) is 0 Å². The molecule has 0 spiro atoms. The maximum absolute atomic E-state index is 13.7. The number of nitrogens with zero attached hydrogens (tertiary/aromatic N) is 2. The second-order valence-corrected chi connectivity index (χ2v) is 6.44. The Labute approximate surface area is 157 Å². The van der Waals surface area contributed by atoms with Crippen LogP contribution in [0, 0.1) is 26.6 Å². The summed E-state index contributed by atoms with van der Waals surface area (Å²) in [5.41, 5.74) is 4.88. The van der Waals surface area contributed by atoms with Crippen LogP contribution in [-0.2, 0) is 6.54 Å². The number of rotatable bonds is 5. The van der Waals surface area contributed by atoms with Crippen molar-refractivity contribution in [3.63, 3.8) is 0 Å². The topological polar surface area (TPSA) is 66.9 Å². The summed E-state index contributed by atoms with van der Waals surface area (Å²) in [5.74, 6) is -0.405. The number of hydrogen-bond donors (Lipinski definition) is 2. The molecule has 5 nitrogen and oxygen atoms in total. The van der Waals surface area contributed by atoms with Gasteiger partial charge in [-0.1, -0.05) is 35.9 Å². The zero-order valence-electron chi connectivity index (χ0n) is 15.5. The highest BCUT2D eigenvalue weighted by Gasteiger charge is 2.11. The largest absolute Gasteiger partial charge is 0.347 e. The van der Waals surface area contributed by atoms with Gasteiger partial charge < -0.3 is 10.6 Å². The van der Waals surface area contributed by atoms with Gasteiger partial charge >= 0.3 is 0 Å². The monoisotopic (exact) mass is 364 g/mol. The van der Waals surface area contributed by atoms with Gasteiger partial charge in [-0.2, -0.15) is 0 Å². The molecule has 0 unspecified atom stereocenters. The van der Waals surface area contributed by atoms with Crippen molar-refractivity contribution in [1.29, 1.82) is 0 Å². The summed E-state index contributed by atoms with van der Waals surface area (Å²) in [6.07, 6.45) is 1.52. The first-order valence-electron chi connectivity index (χ1n) is 8.63. The Morgan fingerprint density at radius 1 is 1.07 bits per heavy atom. The predicted molar refractivity (Wildman–Crippen MR) is 104 cm³/mol. The first-order valence-corrected chi connectivity index (χ1v) is 8.63. The number of aromatic nitrogens is 2. The molecule has 1 heterocycles. The molecule has 2 aromatic carbocycles. The minimum Gasteiger partial charge on any atom is -0.347 e. The number of aryl methyl sites for hydroxylation is 3. The molecule has 6 heteroatoms. The van der Waals surface area contributed by atoms with Crippen molar-refractivity contribution in [3.8, 4) is 0 Å². The van der Waals surface area contributed by atoms with Crippen LogP contribution >= 0.6 is 0 Å². The molecule has 138 valence electrons. The first kappa shape index (κ1) is 18.5. The number of amides is 1. The lowest BCUT2D eigenvalue weighted by atomic mass is 10.1. The van der Waals surface area contributed by atoms with Crippen molar-refractivity contribution in [1.82, 2.24) is 15.3 Å². The maximum atomic E-state index is 13.7. The fraction of sp³-hybridized carbons (Fsp3) is 0.190. The van der Waals surface area contributed by atoms with E-state index in [4.69, 9.17) is 0 Å². The minimum absolute atomic E-state index is 0.0917. The Balaban J connectivity index is 1.74. The van der Waals surface area contributed by atoms with Crippen LogP contribution in [0.5, 0.6) is 0 Å². The third-order valence-corrected chi connectivity index (χ3v) is 4.20. The molecule has 3 aromatic rings. The van der Waals surface area contributed by atoms with E-state index in [1.807, 2.05) is 20.8 Å². The minimum atomic E-state index is -0.388. The summed E-state index contributed by atoms with van der Waals surface area (Å²) in [5, 5.41) is 5.86. The zero-order valence-corrected chi connectivity index (χ0v) is 15.5. The van der Waals surface area contributed by atoms with Gasteiger partial charge in [0.15, 0.2) is 0 Å². The van der Waals surface area contributed by atoms with Crippen molar-refractivity contribution < 1.29 is 9.18 Å². The number of benzene rings is 2. The van der Waals surface area contributed by atoms with Crippen LogP contribution in [0.3, 0.4) is 0 Å². The van der Waals surface area contributed by atoms with E-state index in [1.54, 1.807) is 18.2 Å². The molecular weight excluding hydrogens is 343 g/mol. The molecule has 2 N–H and O–H groups in total. The lowest BCUT2D eigenvalue weighted by Crippen LogP contribution is -2.24. The van der Waals surface area contributed by atoms with Crippen LogP contribution < -0.4 is 10.6 Å². The summed E-state index contributed by atoms with van der Waals surface area (Å²) in [7, 11) is 0. The van der Waals surface area contributed by atoms with E-state index in [1.165, 1.54) is 23.9 Å². The number of halogens is 1. The van der Waals surface area contributed by atoms with Crippen LogP contribution in [-0.4, -0.2) is 15.9 Å². The molecule has 1 amide bonds. The standard InChI is InChI=1S/C21H21FN4O/c1-13-10-14(2)19(15(3)11-13)26-21-23-9-8-18(25-21)20(27)24-12-16-6-4-5-7-17(16)22/h4-11H,12H2,1-3H3,(H,24,27)(H,23,25,26). The van der Waals surface area contributed by atoms with Crippen molar-refractivity contribution >= 4 is 17.5 Å². The fourth-order valence-electron chi connectivity index (χ4n) is 2.94. The third-order valence-electron chi connectivity index (χ3n) is 4.20. The highest BCUT2D eigenvalue weighted by atomic mass is 19.1. The summed E-state index contributed by atoms with van der Waals surface area (Å²) in [4.78, 5) is 20.8. The molecule has 3 rings (SSSR count). The Morgan fingerprint density at radius 3 is 2.48 bits per heavy atom. The van der Waals surface area contributed by atoms with E-state index < -0.39 is 0 Å². The van der Waals surface area contributed by atoms with Gasteiger partial charge in [-0.25, -0.2) is 14.4 Å². The summed E-state index contributed by atoms with van der Waals surface area (Å²) in [6.45, 7) is 6.15. The van der Waals surface area contributed by atoms with E-state index in [-0.39, 0.29) is 24.0 Å². The number of hydrogen-bond acceptors (Lipinski definition) is 4. The highest BCUT2D eigenvalue weighted by molar-refractivity contribution is 5.92. The van der Waals surface area contributed by atoms with Crippen LogP contribution in [0.1, 0.15) is 32.7 Å². The lowest BCUT2D eigenvalue weighted by Gasteiger charge is -2.13. The molecule has 1 aromatic heterocycles. The van der Waals surface area contributed by atoms with Crippen LogP contribution in [0.15, 0.2) is 48.7 Å². The van der Waals surface area contributed by atoms with Crippen molar-refractivity contribution in [3.05, 3.63) is 82.4 Å². The Hall–Kier alpha value is -3.28. The van der Waals surface area contributed by atoms with Crippen molar-refractivity contribution in [2.45, 2.75) is 27.3 Å². The van der Waals surface area contributed by atoms with Gasteiger partial charge in [-0.15, -0.1) is 0 Å². The van der Waals surface area contributed by atoms with E-state index in [0.717, 1.165) is 16.8 Å². The molecule has 0 saturated carbocycles. The number of anilines is 2. The molecule has 0 bridgehead atoms. The molecule has 27 heavy (non-hydrogen) atoms. The molecule has 0 saturated heterocycles. The molecule has 0 fully saturated rings. The molecule has 0 aliphatic carbocycles. The summed E-state index contributed by atoms with van der Waals surface area (Å²) in [6, 6.07) is 12.0. The predicted octanol–water partition coefficient (Wildman–Crippen LogP) is 4.21. The van der Waals surface area contributed by atoms with Gasteiger partial charge in [0, 0.05) is 24.0 Å². The lowest BCUT2D eigenvalue weighted by molar-refractivity contribution is 0.0945. The molecule has 0 atom stereocenters. The van der Waals surface area contributed by atoms with E-state index in [2.05, 4.69) is 32.7 Å². The van der Waals surface area contributed by atoms with Crippen molar-refractivity contribution in [2.75, 3.05) is 5.32 Å². The van der Waals surface area contributed by atoms with Crippen LogP contribution in [0.2, 0.25) is 0 Å². The van der Waals surface area contributed by atoms with Gasteiger partial charge in [-0.3, -0.25) is 4.79 Å². The van der Waals surface area contributed by atoms with E-state index in [0.29, 0.717) is 11.5 Å². The maximum Gasteiger partial charge on any atom is 0.270 e. The quantitative estimate of drug-likeness (QED) is 0.711. The van der Waals surface area contributed by atoms with Gasteiger partial charge in [0.2, 0.25) is 5.95 Å². The average molecular weight is 364 g/mol. The zero-order chi connectivity index (χ0) is 19.4. The SMILES string of the molecule is Cc1cc(C)c(Nc2nccc(C(=O)NCc3ccccc3F)n2)c(C)c1. The van der Waals surface area contributed by atoms with Crippen LogP contribution in [0.25, 0.3) is 0 Å². The molecular formula is C21H21FN4O. The summed E-state index contributed by atoms with van der Waals surface area (Å²) < 4.78 is 13.7. The van der Waals surface area contributed by atoms with Gasteiger partial charge in [0.25, 0.3) is 5.91 Å². The fourth-order valence-corrected chi connectivity index (χ4v) is 2.94. The average Bonchev–Trinajstić information content (AvgIpc) is 2.64. The van der Waals surface area contributed by atoms with E-state index >= 15 is 0 Å². The smallest absolute Gasteiger partial charge is 0.270 e. The second kappa shape index (κ2) is 7.95. The number of carbonyl (C=O) groups is 1. The van der Waals surface area contributed by atoms with Crippen molar-refractivity contribution in [2.24, 2.45) is 0 Å². The van der Waals surface area contributed by atoms with E-state index in [9.17, 15) is 9.18 Å². The highest BCUT2D eigenvalue weighted by Crippen LogP contribution is 2.24. The molecule has 0 aliphatic heterocycles. The van der Waals surface area contributed by atoms with Crippen LogP contribution in [0.4, 0.5) is 16.0 Å². The number of carbonyl (C=O) groups excluding carboxylic acids is 1. The molecule has 0 radical (unpaired) electrons. The Bertz CT molecular complexity index is 964. The van der Waals surface area contributed by atoms with Gasteiger partial charge in [0.1, 0.15) is 11.5 Å².